The highest BCUT2D eigenvalue weighted by Crippen LogP contribution is 2.29. The fourth-order valence-electron chi connectivity index (χ4n) is 2.83. The van der Waals surface area contributed by atoms with Gasteiger partial charge in [-0.15, -0.1) is 0 Å². The lowest BCUT2D eigenvalue weighted by atomic mass is 10.3. The summed E-state index contributed by atoms with van der Waals surface area (Å²) in [5.74, 6) is 3.03. The Morgan fingerprint density at radius 2 is 1.93 bits per heavy atom. The highest BCUT2D eigenvalue weighted by Gasteiger charge is 2.09. The number of para-hydroxylation sites is 2. The second-order valence-electron chi connectivity index (χ2n) is 6.26. The molecule has 0 aliphatic rings. The molecule has 0 bridgehead atoms. The quantitative estimate of drug-likeness (QED) is 0.463. The molecule has 0 spiro atoms. The summed E-state index contributed by atoms with van der Waals surface area (Å²) in [6.45, 7) is 0. The van der Waals surface area contributed by atoms with Crippen LogP contribution in [0.5, 0.6) is 17.2 Å². The Labute approximate surface area is 167 Å². The van der Waals surface area contributed by atoms with E-state index in [1.165, 1.54) is 4.90 Å². The van der Waals surface area contributed by atoms with Gasteiger partial charge in [0.2, 0.25) is 12.4 Å². The first-order chi connectivity index (χ1) is 14.2. The first-order valence-corrected chi connectivity index (χ1v) is 8.88. The molecule has 4 aromatic rings. The van der Waals surface area contributed by atoms with Crippen LogP contribution in [0.15, 0.2) is 60.8 Å². The molecule has 8 nitrogen and oxygen atoms in total. The first-order valence-electron chi connectivity index (χ1n) is 8.88. The predicted octanol–water partition coefficient (Wildman–Crippen LogP) is 4.10. The number of fused-ring (bicyclic) bond motifs is 1. The molecule has 0 aliphatic heterocycles. The molecule has 146 valence electrons. The molecular weight excluding hydrogens is 370 g/mol. The van der Waals surface area contributed by atoms with Crippen LogP contribution in [0.2, 0.25) is 0 Å². The zero-order chi connectivity index (χ0) is 20.2. The number of carbonyl (C=O) groups excluding carboxylic acids is 1. The van der Waals surface area contributed by atoms with Crippen molar-refractivity contribution in [3.05, 3.63) is 60.8 Å². The molecule has 4 rings (SSSR count). The number of benzene rings is 2. The lowest BCUT2D eigenvalue weighted by Gasteiger charge is -2.11. The molecular formula is C21H19N5O3. The number of carbonyl (C=O) groups is 1. The minimum absolute atomic E-state index is 0.502. The van der Waals surface area contributed by atoms with Crippen LogP contribution in [0.1, 0.15) is 0 Å². The van der Waals surface area contributed by atoms with E-state index in [0.717, 1.165) is 22.5 Å². The van der Waals surface area contributed by atoms with E-state index in [9.17, 15) is 4.79 Å². The largest absolute Gasteiger partial charge is 0.495 e. The zero-order valence-corrected chi connectivity index (χ0v) is 15.9. The molecule has 0 fully saturated rings. The molecule has 0 saturated carbocycles. The van der Waals surface area contributed by atoms with Gasteiger partial charge in [0.25, 0.3) is 0 Å². The molecule has 1 amide bonds. The standard InChI is InChI=1S/C21H19N5O3/c1-26(13-27)20-12-15(9-10-22-20)29-14-7-8-16-18(11-14)25-21(23-16)24-17-5-3-4-6-19(17)28-2/h3-13H,1-2H3,(H2,23,24,25). The Morgan fingerprint density at radius 1 is 1.10 bits per heavy atom. The summed E-state index contributed by atoms with van der Waals surface area (Å²) in [4.78, 5) is 24.2. The highest BCUT2D eigenvalue weighted by atomic mass is 16.5. The van der Waals surface area contributed by atoms with Gasteiger partial charge in [-0.05, 0) is 30.3 Å². The summed E-state index contributed by atoms with van der Waals surface area (Å²) in [6, 6.07) is 16.6. The number of rotatable bonds is 7. The Kier molecular flexibility index (Phi) is 4.98. The summed E-state index contributed by atoms with van der Waals surface area (Å²) >= 11 is 0. The van der Waals surface area contributed by atoms with Crippen molar-refractivity contribution in [2.75, 3.05) is 24.4 Å². The average Bonchev–Trinajstić information content (AvgIpc) is 3.15. The lowest BCUT2D eigenvalue weighted by molar-refractivity contribution is -0.107. The third kappa shape index (κ3) is 3.96. The SMILES string of the molecule is COc1ccccc1Nc1nc2cc(Oc3ccnc(N(C)C=O)c3)ccc2[nH]1. The van der Waals surface area contributed by atoms with Crippen LogP contribution in [0.4, 0.5) is 17.5 Å². The Hall–Kier alpha value is -4.07. The van der Waals surface area contributed by atoms with Crippen LogP contribution in [-0.4, -0.2) is 35.5 Å². The number of methoxy groups -OCH3 is 1. The van der Waals surface area contributed by atoms with Gasteiger partial charge in [0, 0.05) is 25.4 Å². The van der Waals surface area contributed by atoms with Gasteiger partial charge in [-0.2, -0.15) is 0 Å². The smallest absolute Gasteiger partial charge is 0.215 e. The van der Waals surface area contributed by atoms with Gasteiger partial charge in [-0.3, -0.25) is 4.79 Å². The van der Waals surface area contributed by atoms with Gasteiger partial charge < -0.3 is 24.7 Å². The van der Waals surface area contributed by atoms with Crippen molar-refractivity contribution < 1.29 is 14.3 Å². The van der Waals surface area contributed by atoms with Crippen molar-refractivity contribution in [3.63, 3.8) is 0 Å². The van der Waals surface area contributed by atoms with Crippen LogP contribution in [0, 0.1) is 0 Å². The van der Waals surface area contributed by atoms with Crippen LogP contribution < -0.4 is 19.7 Å². The van der Waals surface area contributed by atoms with Gasteiger partial charge in [0.1, 0.15) is 23.1 Å². The number of imidazole rings is 1. The molecule has 0 radical (unpaired) electrons. The Bertz CT molecular complexity index is 1160. The molecule has 0 aliphatic carbocycles. The molecule has 0 saturated heterocycles. The van der Waals surface area contributed by atoms with E-state index in [4.69, 9.17) is 9.47 Å². The Morgan fingerprint density at radius 3 is 2.76 bits per heavy atom. The maximum absolute atomic E-state index is 10.9. The van der Waals surface area contributed by atoms with Crippen LogP contribution in [0.3, 0.4) is 0 Å². The summed E-state index contributed by atoms with van der Waals surface area (Å²) in [7, 11) is 3.26. The van der Waals surface area contributed by atoms with Crippen molar-refractivity contribution in [2.24, 2.45) is 0 Å². The summed E-state index contributed by atoms with van der Waals surface area (Å²) in [6.07, 6.45) is 2.28. The van der Waals surface area contributed by atoms with Crippen molar-refractivity contribution in [1.29, 1.82) is 0 Å². The van der Waals surface area contributed by atoms with E-state index in [2.05, 4.69) is 20.3 Å². The number of aromatic amines is 1. The van der Waals surface area contributed by atoms with E-state index in [1.807, 2.05) is 42.5 Å². The van der Waals surface area contributed by atoms with Crippen LogP contribution in [0.25, 0.3) is 11.0 Å². The summed E-state index contributed by atoms with van der Waals surface area (Å²) in [5, 5.41) is 3.23. The van der Waals surface area contributed by atoms with Crippen molar-refractivity contribution in [3.8, 4) is 17.2 Å². The molecule has 2 heterocycles. The second kappa shape index (κ2) is 7.89. The average molecular weight is 389 g/mol. The van der Waals surface area contributed by atoms with E-state index in [0.29, 0.717) is 29.7 Å². The first kappa shape index (κ1) is 18.3. The summed E-state index contributed by atoms with van der Waals surface area (Å²) < 4.78 is 11.3. The number of nitrogens with zero attached hydrogens (tertiary/aromatic N) is 3. The minimum atomic E-state index is 0.502. The molecule has 0 atom stereocenters. The van der Waals surface area contributed by atoms with Crippen molar-refractivity contribution >= 4 is 34.9 Å². The zero-order valence-electron chi connectivity index (χ0n) is 15.9. The van der Waals surface area contributed by atoms with E-state index in [1.54, 1.807) is 32.5 Å². The number of amides is 1. The topological polar surface area (TPSA) is 92.4 Å². The third-order valence-corrected chi connectivity index (χ3v) is 4.29. The fraction of sp³-hybridized carbons (Fsp3) is 0.0952. The van der Waals surface area contributed by atoms with E-state index >= 15 is 0 Å². The molecule has 8 heteroatoms. The fourth-order valence-corrected chi connectivity index (χ4v) is 2.83. The Balaban J connectivity index is 1.56. The van der Waals surface area contributed by atoms with Gasteiger partial charge in [0.05, 0.1) is 23.8 Å². The number of hydrogen-bond donors (Lipinski definition) is 2. The number of aromatic nitrogens is 3. The van der Waals surface area contributed by atoms with E-state index in [-0.39, 0.29) is 0 Å². The maximum atomic E-state index is 10.9. The second-order valence-corrected chi connectivity index (χ2v) is 6.26. The van der Waals surface area contributed by atoms with Crippen molar-refractivity contribution in [2.45, 2.75) is 0 Å². The molecule has 2 aromatic carbocycles. The third-order valence-electron chi connectivity index (χ3n) is 4.29. The summed E-state index contributed by atoms with van der Waals surface area (Å²) in [5.41, 5.74) is 2.43. The van der Waals surface area contributed by atoms with Crippen molar-refractivity contribution in [1.82, 2.24) is 15.0 Å². The van der Waals surface area contributed by atoms with Gasteiger partial charge >= 0.3 is 0 Å². The molecule has 0 unspecified atom stereocenters. The van der Waals surface area contributed by atoms with Gasteiger partial charge in [0.15, 0.2) is 0 Å². The number of hydrogen-bond acceptors (Lipinski definition) is 6. The number of ether oxygens (including phenoxy) is 2. The number of anilines is 3. The van der Waals surface area contributed by atoms with E-state index < -0.39 is 0 Å². The number of nitrogens with one attached hydrogen (secondary N) is 2. The van der Waals surface area contributed by atoms with Crippen LogP contribution in [-0.2, 0) is 4.79 Å². The minimum Gasteiger partial charge on any atom is -0.495 e. The van der Waals surface area contributed by atoms with Gasteiger partial charge in [-0.25, -0.2) is 9.97 Å². The lowest BCUT2D eigenvalue weighted by Crippen LogP contribution is -2.14. The molecule has 2 N–H and O–H groups in total. The van der Waals surface area contributed by atoms with Crippen LogP contribution >= 0.6 is 0 Å². The normalized spacial score (nSPS) is 10.6. The number of H-pyrrole nitrogens is 1. The molecule has 2 aromatic heterocycles. The van der Waals surface area contributed by atoms with Gasteiger partial charge in [-0.1, -0.05) is 12.1 Å². The predicted molar refractivity (Wildman–Crippen MR) is 111 cm³/mol. The maximum Gasteiger partial charge on any atom is 0.215 e. The number of pyridine rings is 1. The molecule has 29 heavy (non-hydrogen) atoms. The highest BCUT2D eigenvalue weighted by molar-refractivity contribution is 5.80. The monoisotopic (exact) mass is 389 g/mol.